The van der Waals surface area contributed by atoms with Gasteiger partial charge >= 0.3 is 0 Å². The molecule has 0 saturated heterocycles. The van der Waals surface area contributed by atoms with Crippen molar-refractivity contribution in [2.75, 3.05) is 6.54 Å². The minimum Gasteiger partial charge on any atom is -0.311 e. The Morgan fingerprint density at radius 1 is 1.27 bits per heavy atom. The largest absolute Gasteiger partial charge is 0.311 e. The third kappa shape index (κ3) is 4.70. The predicted octanol–water partition coefficient (Wildman–Crippen LogP) is 4.00. The fourth-order valence-corrected chi connectivity index (χ4v) is 1.42. The van der Waals surface area contributed by atoms with Crippen molar-refractivity contribution in [3.8, 4) is 0 Å². The molecule has 0 bridgehead atoms. The van der Waals surface area contributed by atoms with Gasteiger partial charge in [-0.2, -0.15) is 0 Å². The van der Waals surface area contributed by atoms with Gasteiger partial charge in [-0.25, -0.2) is 0 Å². The second kappa shape index (κ2) is 6.16. The zero-order chi connectivity index (χ0) is 11.3. The van der Waals surface area contributed by atoms with E-state index in [2.05, 4.69) is 25.2 Å². The van der Waals surface area contributed by atoms with Crippen LogP contribution < -0.4 is 5.32 Å². The molecule has 1 nitrogen and oxygen atoms in total. The number of hydrogen-bond acceptors (Lipinski definition) is 1. The van der Waals surface area contributed by atoms with Crippen molar-refractivity contribution in [2.24, 2.45) is 0 Å². The Bertz CT molecular complexity index is 345. The number of nitrogens with one attached hydrogen (secondary N) is 1. The molecule has 0 unspecified atom stereocenters. The summed E-state index contributed by atoms with van der Waals surface area (Å²) in [6.07, 6.45) is 4.09. The topological polar surface area (TPSA) is 12.0 Å². The van der Waals surface area contributed by atoms with Crippen LogP contribution in [0.3, 0.4) is 0 Å². The first-order valence-corrected chi connectivity index (χ1v) is 5.70. The lowest BCUT2D eigenvalue weighted by atomic mass is 10.2. The van der Waals surface area contributed by atoms with E-state index < -0.39 is 0 Å². The smallest absolute Gasteiger partial charge is 0.0598 e. The molecule has 0 amide bonds. The summed E-state index contributed by atoms with van der Waals surface area (Å²) in [6, 6.07) is 6.11. The summed E-state index contributed by atoms with van der Waals surface area (Å²) in [6.45, 7) is 5.10. The second-order valence-electron chi connectivity index (χ2n) is 3.64. The highest BCUT2D eigenvalue weighted by molar-refractivity contribution is 6.42. The first-order chi connectivity index (χ1) is 7.09. The normalized spacial score (nSPS) is 11.5. The summed E-state index contributed by atoms with van der Waals surface area (Å²) < 4.78 is 0. The summed E-state index contributed by atoms with van der Waals surface area (Å²) in [4.78, 5) is 0. The first-order valence-electron chi connectivity index (χ1n) is 4.94. The van der Waals surface area contributed by atoms with Crippen LogP contribution in [0.1, 0.15) is 19.4 Å². The number of benzene rings is 1. The Balaban J connectivity index is 2.53. The predicted molar refractivity (Wildman–Crippen MR) is 68.6 cm³/mol. The lowest BCUT2D eigenvalue weighted by Gasteiger charge is -2.03. The van der Waals surface area contributed by atoms with Crippen LogP contribution in [-0.2, 0) is 0 Å². The number of halogens is 2. The van der Waals surface area contributed by atoms with Crippen molar-refractivity contribution < 1.29 is 0 Å². The molecule has 15 heavy (non-hydrogen) atoms. The molecule has 0 heterocycles. The van der Waals surface area contributed by atoms with E-state index in [-0.39, 0.29) is 0 Å². The lowest BCUT2D eigenvalue weighted by molar-refractivity contribution is 0.633. The molecular formula is C12H15Cl2N. The molecule has 0 saturated carbocycles. The molecule has 0 atom stereocenters. The molecule has 0 aromatic heterocycles. The summed E-state index contributed by atoms with van der Waals surface area (Å²) in [7, 11) is 0. The van der Waals surface area contributed by atoms with Gasteiger partial charge in [0.1, 0.15) is 0 Å². The van der Waals surface area contributed by atoms with Crippen LogP contribution in [0.4, 0.5) is 0 Å². The van der Waals surface area contributed by atoms with Crippen molar-refractivity contribution >= 4 is 29.3 Å². The first kappa shape index (κ1) is 12.6. The molecule has 1 aromatic rings. The quantitative estimate of drug-likeness (QED) is 0.843. The van der Waals surface area contributed by atoms with Crippen LogP contribution in [0.5, 0.6) is 0 Å². The molecule has 3 heteroatoms. The van der Waals surface area contributed by atoms with Crippen molar-refractivity contribution in [1.29, 1.82) is 0 Å². The second-order valence-corrected chi connectivity index (χ2v) is 4.45. The average Bonchev–Trinajstić information content (AvgIpc) is 2.18. The SMILES string of the molecule is CC(C)NCC=Cc1ccc(Cl)c(Cl)c1. The molecule has 1 rings (SSSR count). The molecule has 0 spiro atoms. The van der Waals surface area contributed by atoms with Gasteiger partial charge in [-0.15, -0.1) is 0 Å². The molecule has 1 aromatic carbocycles. The van der Waals surface area contributed by atoms with Crippen molar-refractivity contribution in [3.63, 3.8) is 0 Å². The Morgan fingerprint density at radius 2 is 2.00 bits per heavy atom. The Kier molecular flexibility index (Phi) is 5.16. The maximum absolute atomic E-state index is 5.90. The van der Waals surface area contributed by atoms with Crippen LogP contribution >= 0.6 is 23.2 Å². The summed E-state index contributed by atoms with van der Waals surface area (Å²) in [5, 5.41) is 4.48. The van der Waals surface area contributed by atoms with Gasteiger partial charge in [-0.3, -0.25) is 0 Å². The van der Waals surface area contributed by atoms with Crippen LogP contribution in [0.2, 0.25) is 10.0 Å². The van der Waals surface area contributed by atoms with Crippen LogP contribution in [-0.4, -0.2) is 12.6 Å². The average molecular weight is 244 g/mol. The van der Waals surface area contributed by atoms with Crippen molar-refractivity contribution in [3.05, 3.63) is 39.9 Å². The molecule has 1 N–H and O–H groups in total. The molecular weight excluding hydrogens is 229 g/mol. The minimum absolute atomic E-state index is 0.503. The van der Waals surface area contributed by atoms with E-state index in [1.807, 2.05) is 18.2 Å². The van der Waals surface area contributed by atoms with Gasteiger partial charge in [-0.05, 0) is 17.7 Å². The summed E-state index contributed by atoms with van der Waals surface area (Å²) in [5.74, 6) is 0. The third-order valence-electron chi connectivity index (χ3n) is 1.90. The number of rotatable bonds is 4. The van der Waals surface area contributed by atoms with Gasteiger partial charge in [0.2, 0.25) is 0 Å². The van der Waals surface area contributed by atoms with Crippen LogP contribution in [0.25, 0.3) is 6.08 Å². The monoisotopic (exact) mass is 243 g/mol. The van der Waals surface area contributed by atoms with E-state index in [0.717, 1.165) is 12.1 Å². The maximum Gasteiger partial charge on any atom is 0.0598 e. The van der Waals surface area contributed by atoms with E-state index in [1.54, 1.807) is 6.07 Å². The van der Waals surface area contributed by atoms with Gasteiger partial charge in [0.15, 0.2) is 0 Å². The van der Waals surface area contributed by atoms with Crippen LogP contribution in [0.15, 0.2) is 24.3 Å². The zero-order valence-corrected chi connectivity index (χ0v) is 10.4. The van der Waals surface area contributed by atoms with Gasteiger partial charge < -0.3 is 5.32 Å². The fraction of sp³-hybridized carbons (Fsp3) is 0.333. The lowest BCUT2D eigenvalue weighted by Crippen LogP contribution is -2.22. The molecule has 0 fully saturated rings. The van der Waals surface area contributed by atoms with Gasteiger partial charge in [-0.1, -0.05) is 55.3 Å². The molecule has 0 radical (unpaired) electrons. The standard InChI is InChI=1S/C12H15Cl2N/c1-9(2)15-7-3-4-10-5-6-11(13)12(14)8-10/h3-6,8-9,15H,7H2,1-2H3. The Hall–Kier alpha value is -0.500. The van der Waals surface area contributed by atoms with E-state index >= 15 is 0 Å². The third-order valence-corrected chi connectivity index (χ3v) is 2.64. The summed E-state index contributed by atoms with van der Waals surface area (Å²) >= 11 is 11.7. The fourth-order valence-electron chi connectivity index (χ4n) is 1.11. The van der Waals surface area contributed by atoms with Crippen molar-refractivity contribution in [2.45, 2.75) is 19.9 Å². The van der Waals surface area contributed by atoms with E-state index in [4.69, 9.17) is 23.2 Å². The number of hydrogen-bond donors (Lipinski definition) is 1. The van der Waals surface area contributed by atoms with E-state index in [0.29, 0.717) is 16.1 Å². The summed E-state index contributed by atoms with van der Waals surface area (Å²) in [5.41, 5.74) is 1.06. The molecule has 0 aliphatic rings. The van der Waals surface area contributed by atoms with E-state index in [1.165, 1.54) is 0 Å². The van der Waals surface area contributed by atoms with Crippen molar-refractivity contribution in [1.82, 2.24) is 5.32 Å². The van der Waals surface area contributed by atoms with Gasteiger partial charge in [0.05, 0.1) is 10.0 Å². The highest BCUT2D eigenvalue weighted by Crippen LogP contribution is 2.22. The Labute approximate surface area is 101 Å². The highest BCUT2D eigenvalue weighted by Gasteiger charge is 1.96. The van der Waals surface area contributed by atoms with Gasteiger partial charge in [0.25, 0.3) is 0 Å². The minimum atomic E-state index is 0.503. The molecule has 0 aliphatic carbocycles. The Morgan fingerprint density at radius 3 is 2.60 bits per heavy atom. The maximum atomic E-state index is 5.90. The highest BCUT2D eigenvalue weighted by atomic mass is 35.5. The molecule has 0 aliphatic heterocycles. The zero-order valence-electron chi connectivity index (χ0n) is 8.93. The van der Waals surface area contributed by atoms with E-state index in [9.17, 15) is 0 Å². The molecule has 82 valence electrons. The van der Waals surface area contributed by atoms with Crippen LogP contribution in [0, 0.1) is 0 Å². The van der Waals surface area contributed by atoms with Gasteiger partial charge in [0, 0.05) is 12.6 Å².